The van der Waals surface area contributed by atoms with Gasteiger partial charge in [0.25, 0.3) is 0 Å². The summed E-state index contributed by atoms with van der Waals surface area (Å²) in [6.45, 7) is 2.47. The van der Waals surface area contributed by atoms with Gasteiger partial charge in [0, 0.05) is 19.3 Å². The van der Waals surface area contributed by atoms with Gasteiger partial charge < -0.3 is 5.32 Å². The topological polar surface area (TPSA) is 101 Å². The molecular weight excluding hydrogens is 460 g/mol. The third-order valence-corrected chi connectivity index (χ3v) is 9.08. The summed E-state index contributed by atoms with van der Waals surface area (Å²) in [7, 11) is -6.70. The maximum atomic E-state index is 12.9. The van der Waals surface area contributed by atoms with Gasteiger partial charge in [0.2, 0.25) is 15.9 Å². The molecule has 1 fully saturated rings. The molecule has 1 saturated heterocycles. The van der Waals surface area contributed by atoms with Gasteiger partial charge in [0.15, 0.2) is 9.84 Å². The molecule has 7 nitrogen and oxygen atoms in total. The fourth-order valence-corrected chi connectivity index (χ4v) is 6.27. The summed E-state index contributed by atoms with van der Waals surface area (Å²) in [5.41, 5.74) is 1.90. The number of hydrogen-bond acceptors (Lipinski definition) is 5. The first kappa shape index (κ1) is 25.4. The average Bonchev–Trinajstić information content (AvgIpc) is 2.79. The van der Waals surface area contributed by atoms with Crippen molar-refractivity contribution in [2.75, 3.05) is 25.1 Å². The molecule has 1 N–H and O–H groups in total. The Kier molecular flexibility index (Phi) is 8.31. The Morgan fingerprint density at radius 2 is 1.73 bits per heavy atom. The quantitative estimate of drug-likeness (QED) is 0.580. The minimum Gasteiger partial charge on any atom is -0.349 e. The molecule has 9 heteroatoms. The summed E-state index contributed by atoms with van der Waals surface area (Å²) in [5.74, 6) is -0.515. The minimum absolute atomic E-state index is 0.0688. The van der Waals surface area contributed by atoms with Crippen LogP contribution in [0.1, 0.15) is 43.4 Å². The Bertz CT molecular complexity index is 1150. The standard InChI is InChI=1S/C24H32N2O5S2/c1-19(21-12-14-23(15-13-21)32(2,28)29)25-24(27)22-11-6-16-26(18-22)33(30,31)17-7-10-20-8-4-3-5-9-20/h3-5,8-9,12-15,19,22H,6-7,10-11,16-18H2,1-2H3,(H,25,27)/t19-,22-/m0/s1. The summed E-state index contributed by atoms with van der Waals surface area (Å²) in [6.07, 6.45) is 3.68. The first-order valence-electron chi connectivity index (χ1n) is 11.2. The van der Waals surface area contributed by atoms with Crippen LogP contribution in [0.3, 0.4) is 0 Å². The second-order valence-electron chi connectivity index (χ2n) is 8.67. The van der Waals surface area contributed by atoms with Gasteiger partial charge in [-0.2, -0.15) is 0 Å². The predicted molar refractivity (Wildman–Crippen MR) is 129 cm³/mol. The number of benzene rings is 2. The zero-order valence-electron chi connectivity index (χ0n) is 19.1. The van der Waals surface area contributed by atoms with E-state index in [9.17, 15) is 21.6 Å². The van der Waals surface area contributed by atoms with Crippen molar-refractivity contribution >= 4 is 25.8 Å². The Morgan fingerprint density at radius 3 is 2.36 bits per heavy atom. The van der Waals surface area contributed by atoms with Gasteiger partial charge in [0.05, 0.1) is 22.6 Å². The van der Waals surface area contributed by atoms with Gasteiger partial charge in [-0.15, -0.1) is 0 Å². The van der Waals surface area contributed by atoms with Crippen LogP contribution < -0.4 is 5.32 Å². The predicted octanol–water partition coefficient (Wildman–Crippen LogP) is 2.94. The molecule has 1 aliphatic heterocycles. The van der Waals surface area contributed by atoms with Gasteiger partial charge >= 0.3 is 0 Å². The summed E-state index contributed by atoms with van der Waals surface area (Å²) < 4.78 is 50.4. The Labute approximate surface area is 197 Å². The zero-order valence-corrected chi connectivity index (χ0v) is 20.7. The highest BCUT2D eigenvalue weighted by Gasteiger charge is 2.32. The molecule has 1 amide bonds. The number of nitrogens with one attached hydrogen (secondary N) is 1. The van der Waals surface area contributed by atoms with E-state index in [0.29, 0.717) is 32.2 Å². The van der Waals surface area contributed by atoms with E-state index in [2.05, 4.69) is 5.32 Å². The average molecular weight is 493 g/mol. The minimum atomic E-state index is -3.42. The van der Waals surface area contributed by atoms with E-state index in [0.717, 1.165) is 17.4 Å². The van der Waals surface area contributed by atoms with Crippen LogP contribution >= 0.6 is 0 Å². The number of aryl methyl sites for hydroxylation is 1. The van der Waals surface area contributed by atoms with Crippen molar-refractivity contribution < 1.29 is 21.6 Å². The molecule has 33 heavy (non-hydrogen) atoms. The third-order valence-electron chi connectivity index (χ3n) is 6.03. The van der Waals surface area contributed by atoms with Crippen molar-refractivity contribution in [2.24, 2.45) is 5.92 Å². The molecule has 0 spiro atoms. The number of hydrogen-bond donors (Lipinski definition) is 1. The van der Waals surface area contributed by atoms with E-state index < -0.39 is 25.8 Å². The number of sulfonamides is 1. The number of sulfone groups is 1. The molecule has 1 heterocycles. The lowest BCUT2D eigenvalue weighted by atomic mass is 9.98. The number of nitrogens with zero attached hydrogens (tertiary/aromatic N) is 1. The summed E-state index contributed by atoms with van der Waals surface area (Å²) in [4.78, 5) is 13.1. The highest BCUT2D eigenvalue weighted by molar-refractivity contribution is 7.90. The van der Waals surface area contributed by atoms with Crippen molar-refractivity contribution in [2.45, 2.75) is 43.5 Å². The smallest absolute Gasteiger partial charge is 0.224 e. The van der Waals surface area contributed by atoms with E-state index in [-0.39, 0.29) is 29.1 Å². The van der Waals surface area contributed by atoms with Gasteiger partial charge in [-0.1, -0.05) is 42.5 Å². The largest absolute Gasteiger partial charge is 0.349 e. The SMILES string of the molecule is C[C@H](NC(=O)[C@H]1CCCN(S(=O)(=O)CCCc2ccccc2)C1)c1ccc(S(C)(=O)=O)cc1. The van der Waals surface area contributed by atoms with E-state index in [1.807, 2.05) is 37.3 Å². The molecule has 3 rings (SSSR count). The molecule has 2 aromatic rings. The molecule has 0 aromatic heterocycles. The normalized spacial score (nSPS) is 18.5. The van der Waals surface area contributed by atoms with Crippen molar-refractivity contribution in [1.82, 2.24) is 9.62 Å². The molecular formula is C24H32N2O5S2. The number of rotatable bonds is 9. The lowest BCUT2D eigenvalue weighted by molar-refractivity contribution is -0.126. The van der Waals surface area contributed by atoms with Crippen LogP contribution in [0, 0.1) is 5.92 Å². The molecule has 1 aliphatic rings. The maximum Gasteiger partial charge on any atom is 0.224 e. The van der Waals surface area contributed by atoms with Gasteiger partial charge in [-0.25, -0.2) is 21.1 Å². The lowest BCUT2D eigenvalue weighted by Crippen LogP contribution is -2.46. The van der Waals surface area contributed by atoms with Crippen LogP contribution in [-0.4, -0.2) is 52.1 Å². The number of piperidine rings is 1. The third kappa shape index (κ3) is 7.12. The monoisotopic (exact) mass is 492 g/mol. The van der Waals surface area contributed by atoms with Crippen LogP contribution in [0.25, 0.3) is 0 Å². The van der Waals surface area contributed by atoms with Gasteiger partial charge in [-0.05, 0) is 55.9 Å². The highest BCUT2D eigenvalue weighted by Crippen LogP contribution is 2.22. The molecule has 0 radical (unpaired) electrons. The lowest BCUT2D eigenvalue weighted by Gasteiger charge is -2.32. The van der Waals surface area contributed by atoms with E-state index in [1.165, 1.54) is 16.4 Å². The molecule has 2 aromatic carbocycles. The fraction of sp³-hybridized carbons (Fsp3) is 0.458. The van der Waals surface area contributed by atoms with Crippen molar-refractivity contribution in [1.29, 1.82) is 0 Å². The van der Waals surface area contributed by atoms with E-state index >= 15 is 0 Å². The molecule has 0 unspecified atom stereocenters. The summed E-state index contributed by atoms with van der Waals surface area (Å²) >= 11 is 0. The second kappa shape index (κ2) is 10.8. The van der Waals surface area contributed by atoms with Gasteiger partial charge in [-0.3, -0.25) is 4.79 Å². The second-order valence-corrected chi connectivity index (χ2v) is 12.8. The Hall–Kier alpha value is -2.23. The molecule has 0 bridgehead atoms. The number of carbonyl (C=O) groups excluding carboxylic acids is 1. The van der Waals surface area contributed by atoms with Crippen molar-refractivity contribution in [3.05, 3.63) is 65.7 Å². The summed E-state index contributed by atoms with van der Waals surface area (Å²) in [5, 5.41) is 2.95. The molecule has 0 aliphatic carbocycles. The maximum absolute atomic E-state index is 12.9. The van der Waals surface area contributed by atoms with Crippen LogP contribution in [0.5, 0.6) is 0 Å². The van der Waals surface area contributed by atoms with Crippen LogP contribution in [0.15, 0.2) is 59.5 Å². The Morgan fingerprint density at radius 1 is 1.06 bits per heavy atom. The molecule has 2 atom stereocenters. The molecule has 180 valence electrons. The van der Waals surface area contributed by atoms with Crippen LogP contribution in [0.4, 0.5) is 0 Å². The van der Waals surface area contributed by atoms with E-state index in [1.54, 1.807) is 12.1 Å². The highest BCUT2D eigenvalue weighted by atomic mass is 32.2. The van der Waals surface area contributed by atoms with Crippen LogP contribution in [0.2, 0.25) is 0 Å². The first-order valence-corrected chi connectivity index (χ1v) is 14.7. The van der Waals surface area contributed by atoms with E-state index in [4.69, 9.17) is 0 Å². The number of carbonyl (C=O) groups is 1. The van der Waals surface area contributed by atoms with Gasteiger partial charge in [0.1, 0.15) is 0 Å². The van der Waals surface area contributed by atoms with Crippen LogP contribution in [-0.2, 0) is 31.1 Å². The van der Waals surface area contributed by atoms with Crippen molar-refractivity contribution in [3.63, 3.8) is 0 Å². The molecule has 0 saturated carbocycles. The number of amides is 1. The summed E-state index contributed by atoms with van der Waals surface area (Å²) in [6, 6.07) is 15.9. The van der Waals surface area contributed by atoms with Crippen molar-refractivity contribution in [3.8, 4) is 0 Å². The first-order chi connectivity index (χ1) is 15.6. The zero-order chi connectivity index (χ0) is 24.1. The Balaban J connectivity index is 1.54. The fourth-order valence-electron chi connectivity index (χ4n) is 4.06.